The van der Waals surface area contributed by atoms with Crippen molar-refractivity contribution in [3.63, 3.8) is 0 Å². The van der Waals surface area contributed by atoms with E-state index in [4.69, 9.17) is 0 Å². The smallest absolute Gasteiger partial charge is 0.0951 e. The van der Waals surface area contributed by atoms with Gasteiger partial charge in [-0.2, -0.15) is 0 Å². The Morgan fingerprint density at radius 3 is 2.94 bits per heavy atom. The van der Waals surface area contributed by atoms with E-state index in [0.29, 0.717) is 0 Å². The summed E-state index contributed by atoms with van der Waals surface area (Å²) in [6.07, 6.45) is 10.8. The summed E-state index contributed by atoms with van der Waals surface area (Å²) in [4.78, 5) is 4.27. The SMILES string of the molecule is CC1CCCC1NCc1cncn1C1CC1. The van der Waals surface area contributed by atoms with E-state index >= 15 is 0 Å². The van der Waals surface area contributed by atoms with Gasteiger partial charge in [0.25, 0.3) is 0 Å². The third-order valence-corrected chi connectivity index (χ3v) is 4.09. The molecule has 3 rings (SSSR count). The zero-order valence-corrected chi connectivity index (χ0v) is 10.0. The fourth-order valence-corrected chi connectivity index (χ4v) is 2.83. The van der Waals surface area contributed by atoms with Gasteiger partial charge in [-0.3, -0.25) is 0 Å². The van der Waals surface area contributed by atoms with Gasteiger partial charge in [0.1, 0.15) is 0 Å². The number of hydrogen-bond acceptors (Lipinski definition) is 2. The Labute approximate surface area is 97.3 Å². The lowest BCUT2D eigenvalue weighted by Gasteiger charge is -2.17. The molecular weight excluding hydrogens is 198 g/mol. The van der Waals surface area contributed by atoms with Crippen molar-refractivity contribution in [1.82, 2.24) is 14.9 Å². The maximum absolute atomic E-state index is 4.27. The zero-order chi connectivity index (χ0) is 11.0. The van der Waals surface area contributed by atoms with E-state index in [1.807, 2.05) is 12.5 Å². The van der Waals surface area contributed by atoms with E-state index in [2.05, 4.69) is 21.8 Å². The molecule has 0 amide bonds. The zero-order valence-electron chi connectivity index (χ0n) is 10.0. The quantitative estimate of drug-likeness (QED) is 0.843. The van der Waals surface area contributed by atoms with Gasteiger partial charge in [0.05, 0.1) is 12.0 Å². The van der Waals surface area contributed by atoms with Crippen molar-refractivity contribution in [1.29, 1.82) is 0 Å². The number of rotatable bonds is 4. The standard InChI is InChI=1S/C13H21N3/c1-10-3-2-4-13(10)15-8-12-7-14-9-16(12)11-5-6-11/h7,9-11,13,15H,2-6,8H2,1H3. The van der Waals surface area contributed by atoms with Gasteiger partial charge in [0.15, 0.2) is 0 Å². The molecule has 0 aliphatic heterocycles. The van der Waals surface area contributed by atoms with Crippen molar-refractivity contribution in [2.75, 3.05) is 0 Å². The molecule has 0 aromatic carbocycles. The van der Waals surface area contributed by atoms with Crippen LogP contribution >= 0.6 is 0 Å². The summed E-state index contributed by atoms with van der Waals surface area (Å²) in [6, 6.07) is 1.47. The minimum absolute atomic E-state index is 0.725. The summed E-state index contributed by atoms with van der Waals surface area (Å²) < 4.78 is 2.35. The third kappa shape index (κ3) is 2.01. The van der Waals surface area contributed by atoms with Gasteiger partial charge in [-0.15, -0.1) is 0 Å². The Balaban J connectivity index is 1.59. The predicted molar refractivity (Wildman–Crippen MR) is 64.1 cm³/mol. The lowest BCUT2D eigenvalue weighted by Crippen LogP contribution is -2.31. The van der Waals surface area contributed by atoms with Crippen LogP contribution in [0.2, 0.25) is 0 Å². The molecule has 0 bridgehead atoms. The molecule has 0 spiro atoms. The average molecular weight is 219 g/mol. The number of aromatic nitrogens is 2. The molecule has 1 heterocycles. The van der Waals surface area contributed by atoms with Crippen LogP contribution in [0.3, 0.4) is 0 Å². The van der Waals surface area contributed by atoms with E-state index in [9.17, 15) is 0 Å². The maximum Gasteiger partial charge on any atom is 0.0951 e. The second kappa shape index (κ2) is 4.21. The summed E-state index contributed by atoms with van der Waals surface area (Å²) in [7, 11) is 0. The van der Waals surface area contributed by atoms with Crippen molar-refractivity contribution in [3.8, 4) is 0 Å². The summed E-state index contributed by atoms with van der Waals surface area (Å²) in [5.41, 5.74) is 1.36. The molecule has 0 saturated heterocycles. The molecule has 3 heteroatoms. The second-order valence-electron chi connectivity index (χ2n) is 5.42. The lowest BCUT2D eigenvalue weighted by molar-refractivity contribution is 0.419. The van der Waals surface area contributed by atoms with Gasteiger partial charge in [0, 0.05) is 24.8 Å². The highest BCUT2D eigenvalue weighted by Gasteiger charge is 2.26. The molecule has 2 aliphatic rings. The number of imidazole rings is 1. The molecule has 1 N–H and O–H groups in total. The van der Waals surface area contributed by atoms with Crippen LogP contribution in [0.1, 0.15) is 50.8 Å². The Morgan fingerprint density at radius 2 is 2.25 bits per heavy atom. The minimum Gasteiger partial charge on any atom is -0.330 e. The molecule has 16 heavy (non-hydrogen) atoms. The molecule has 2 atom stereocenters. The van der Waals surface area contributed by atoms with Gasteiger partial charge in [-0.05, 0) is 31.6 Å². The van der Waals surface area contributed by atoms with Crippen molar-refractivity contribution in [2.24, 2.45) is 5.92 Å². The molecule has 88 valence electrons. The molecule has 1 aromatic rings. The van der Waals surface area contributed by atoms with Crippen molar-refractivity contribution in [2.45, 2.75) is 57.7 Å². The van der Waals surface area contributed by atoms with Gasteiger partial charge >= 0.3 is 0 Å². The van der Waals surface area contributed by atoms with Gasteiger partial charge in [0.2, 0.25) is 0 Å². The molecule has 2 fully saturated rings. The van der Waals surface area contributed by atoms with Crippen molar-refractivity contribution < 1.29 is 0 Å². The highest BCUT2D eigenvalue weighted by Crippen LogP contribution is 2.35. The fraction of sp³-hybridized carbons (Fsp3) is 0.769. The first-order valence-electron chi connectivity index (χ1n) is 6.58. The summed E-state index contributed by atoms with van der Waals surface area (Å²) in [5.74, 6) is 0.845. The molecule has 2 unspecified atom stereocenters. The Morgan fingerprint density at radius 1 is 1.38 bits per heavy atom. The van der Waals surface area contributed by atoms with Crippen LogP contribution in [-0.2, 0) is 6.54 Å². The van der Waals surface area contributed by atoms with Crippen LogP contribution in [0.5, 0.6) is 0 Å². The van der Waals surface area contributed by atoms with Crippen LogP contribution in [0, 0.1) is 5.92 Å². The van der Waals surface area contributed by atoms with Crippen LogP contribution in [0.25, 0.3) is 0 Å². The summed E-state index contributed by atoms with van der Waals surface area (Å²) in [6.45, 7) is 3.36. The van der Waals surface area contributed by atoms with Crippen LogP contribution in [-0.4, -0.2) is 15.6 Å². The third-order valence-electron chi connectivity index (χ3n) is 4.09. The molecular formula is C13H21N3. The van der Waals surface area contributed by atoms with Crippen LogP contribution in [0.15, 0.2) is 12.5 Å². The largest absolute Gasteiger partial charge is 0.330 e. The monoisotopic (exact) mass is 219 g/mol. The second-order valence-corrected chi connectivity index (χ2v) is 5.42. The molecule has 2 aliphatic carbocycles. The topological polar surface area (TPSA) is 29.9 Å². The van der Waals surface area contributed by atoms with Crippen molar-refractivity contribution in [3.05, 3.63) is 18.2 Å². The number of nitrogens with zero attached hydrogens (tertiary/aromatic N) is 2. The minimum atomic E-state index is 0.725. The first-order valence-corrected chi connectivity index (χ1v) is 6.58. The van der Waals surface area contributed by atoms with Gasteiger partial charge < -0.3 is 9.88 Å². The molecule has 2 saturated carbocycles. The molecule has 1 aromatic heterocycles. The highest BCUT2D eigenvalue weighted by atomic mass is 15.1. The van der Waals surface area contributed by atoms with Crippen LogP contribution < -0.4 is 5.32 Å². The predicted octanol–water partition coefficient (Wildman–Crippen LogP) is 2.50. The van der Waals surface area contributed by atoms with Gasteiger partial charge in [-0.1, -0.05) is 13.3 Å². The first-order chi connectivity index (χ1) is 7.84. The molecule has 3 nitrogen and oxygen atoms in total. The Kier molecular flexibility index (Phi) is 2.72. The molecule has 0 radical (unpaired) electrons. The highest BCUT2D eigenvalue weighted by molar-refractivity contribution is 5.03. The summed E-state index contributed by atoms with van der Waals surface area (Å²) >= 11 is 0. The fourth-order valence-electron chi connectivity index (χ4n) is 2.83. The van der Waals surface area contributed by atoms with Gasteiger partial charge in [-0.25, -0.2) is 4.98 Å². The maximum atomic E-state index is 4.27. The first kappa shape index (κ1) is 10.3. The average Bonchev–Trinajstić information content (AvgIpc) is 2.88. The van der Waals surface area contributed by atoms with E-state index in [0.717, 1.165) is 24.5 Å². The lowest BCUT2D eigenvalue weighted by atomic mass is 10.1. The number of nitrogens with one attached hydrogen (secondary N) is 1. The Bertz CT molecular complexity index is 354. The van der Waals surface area contributed by atoms with Crippen LogP contribution in [0.4, 0.5) is 0 Å². The van der Waals surface area contributed by atoms with E-state index in [1.165, 1.54) is 37.8 Å². The van der Waals surface area contributed by atoms with Crippen molar-refractivity contribution >= 4 is 0 Å². The van der Waals surface area contributed by atoms with E-state index in [1.54, 1.807) is 0 Å². The van der Waals surface area contributed by atoms with E-state index < -0.39 is 0 Å². The van der Waals surface area contributed by atoms with E-state index in [-0.39, 0.29) is 0 Å². The number of hydrogen-bond donors (Lipinski definition) is 1. The summed E-state index contributed by atoms with van der Waals surface area (Å²) in [5, 5.41) is 3.70. The normalized spacial score (nSPS) is 29.8. The Hall–Kier alpha value is -0.830.